The molecule has 0 aromatic rings. The van der Waals surface area contributed by atoms with Crippen LogP contribution < -0.4 is 0 Å². The standard InChI is InChI=1S/C19H25O5.13Y/c1-10-7-14(11(2)21)18(3)6-5-13-17(23)24-12(9-20)8-19(13,4)16(18)15(10)22;;;;;;;;;;;;;/h10,12-14,16H,5-8H2,1-4H3;;;;;;;;;;;;;/q-1;;;;;;;;;;;;;/t10-,12-,13+,14+,16+,18+,19+;;;;;;;;;;;;;/m1............./s1. The zero-order valence-electron chi connectivity index (χ0n) is 22.3. The van der Waals surface area contributed by atoms with E-state index in [9.17, 15) is 19.2 Å². The number of hydrogen-bond acceptors (Lipinski definition) is 5. The van der Waals surface area contributed by atoms with Crippen LogP contribution in [0, 0.1) is 34.5 Å². The average Bonchev–Trinajstić information content (AvgIpc) is 2.49. The van der Waals surface area contributed by atoms with Gasteiger partial charge in [0.15, 0.2) is 0 Å². The van der Waals surface area contributed by atoms with E-state index >= 15 is 0 Å². The summed E-state index contributed by atoms with van der Waals surface area (Å²) in [6.07, 6.45) is 3.02. The summed E-state index contributed by atoms with van der Waals surface area (Å²) in [6, 6.07) is 0. The third-order valence-corrected chi connectivity index (χ3v) is 7.03. The van der Waals surface area contributed by atoms with Gasteiger partial charge in [0.05, 0.1) is 5.92 Å². The van der Waals surface area contributed by atoms with Gasteiger partial charge < -0.3 is 9.53 Å². The van der Waals surface area contributed by atoms with Crippen LogP contribution in [-0.2, 0) is 449 Å². The molecule has 0 N–H and O–H groups in total. The van der Waals surface area contributed by atoms with Crippen molar-refractivity contribution in [2.45, 2.75) is 59.5 Å². The topological polar surface area (TPSA) is 77.5 Å². The third-order valence-electron chi connectivity index (χ3n) is 7.03. The predicted molar refractivity (Wildman–Crippen MR) is 85.6 cm³/mol. The van der Waals surface area contributed by atoms with Crippen molar-refractivity contribution in [2.24, 2.45) is 34.5 Å². The molecule has 18 heteroatoms. The van der Waals surface area contributed by atoms with Gasteiger partial charge in [0, 0.05) is 449 Å². The maximum atomic E-state index is 13.1. The fourth-order valence-corrected chi connectivity index (χ4v) is 5.94. The zero-order valence-corrected chi connectivity index (χ0v) is 59.2. The molecule has 1 saturated heterocycles. The normalized spacial score (nSPS) is 31.2. The Kier molecular flexibility index (Phi) is 79.1. The zero-order chi connectivity index (χ0) is 17.9. The molecule has 3 aliphatic rings. The first kappa shape index (κ1) is 78.8. The molecular weight excluding hydrogens is 1460 g/mol. The predicted octanol–water partition coefficient (Wildman–Crippen LogP) is 2.23. The molecule has 3 fully saturated rings. The fraction of sp³-hybridized carbons (Fsp3) is 0.789. The van der Waals surface area contributed by atoms with Crippen molar-refractivity contribution in [3.05, 3.63) is 0 Å². The smallest absolute Gasteiger partial charge is 0.307 e. The second kappa shape index (κ2) is 37.2. The molecule has 13 radical (unpaired) electrons. The first-order valence-corrected chi connectivity index (χ1v) is 8.77. The van der Waals surface area contributed by atoms with Crippen molar-refractivity contribution in [1.29, 1.82) is 0 Å². The van der Waals surface area contributed by atoms with Crippen molar-refractivity contribution >= 4 is 23.8 Å². The minimum atomic E-state index is -0.915. The summed E-state index contributed by atoms with van der Waals surface area (Å²) < 4.78 is 5.18. The van der Waals surface area contributed by atoms with Crippen molar-refractivity contribution in [2.75, 3.05) is 0 Å². The Morgan fingerprint density at radius 2 is 1.27 bits per heavy atom. The molecule has 0 spiro atoms. The van der Waals surface area contributed by atoms with E-state index in [1.54, 1.807) is 13.2 Å². The second-order valence-electron chi connectivity index (χ2n) is 8.49. The van der Waals surface area contributed by atoms with Crippen LogP contribution in [0.1, 0.15) is 53.4 Å². The van der Waals surface area contributed by atoms with E-state index in [-0.39, 0.29) is 455 Å². The first-order chi connectivity index (χ1) is 11.1. The average molecular weight is 1490 g/mol. The van der Waals surface area contributed by atoms with Crippen molar-refractivity contribution in [3.8, 4) is 0 Å². The molecule has 5 nitrogen and oxygen atoms in total. The number of esters is 1. The number of cyclic esters (lactones) is 1. The summed E-state index contributed by atoms with van der Waals surface area (Å²) in [7, 11) is 0. The van der Waals surface area contributed by atoms with Crippen LogP contribution in [0.4, 0.5) is 0 Å². The van der Waals surface area contributed by atoms with Crippen LogP contribution in [0.25, 0.3) is 0 Å². The van der Waals surface area contributed by atoms with Crippen LogP contribution in [0.15, 0.2) is 0 Å². The Morgan fingerprint density at radius 1 is 0.838 bits per heavy atom. The fourth-order valence-electron chi connectivity index (χ4n) is 5.94. The van der Waals surface area contributed by atoms with Crippen LogP contribution in [0.2, 0.25) is 0 Å². The van der Waals surface area contributed by atoms with E-state index in [2.05, 4.69) is 0 Å². The van der Waals surface area contributed by atoms with Gasteiger partial charge in [-0.05, 0) is 43.4 Å². The van der Waals surface area contributed by atoms with E-state index in [4.69, 9.17) is 4.74 Å². The van der Waals surface area contributed by atoms with Gasteiger partial charge in [0.25, 0.3) is 0 Å². The minimum Gasteiger partial charge on any atom is -0.538 e. The molecule has 0 aromatic heterocycles. The molecule has 0 amide bonds. The maximum Gasteiger partial charge on any atom is 0.307 e. The van der Waals surface area contributed by atoms with Crippen LogP contribution in [-0.4, -0.2) is 29.9 Å². The molecule has 0 bridgehead atoms. The molecule has 1 heterocycles. The molecule has 2 saturated carbocycles. The van der Waals surface area contributed by atoms with Gasteiger partial charge in [0.1, 0.15) is 11.6 Å². The SMILES string of the molecule is CC(=O)[C@@H]1C[C@@H](C)C(=O)[C@H]2[C@@]1(C)CC[C@H]1C(=O)O[C@@H]([C-]=O)C[C@]21C.[Y].[Y].[Y].[Y].[Y].[Y].[Y].[Y].[Y].[Y].[Y].[Y].[Y]. The van der Waals surface area contributed by atoms with Gasteiger partial charge in [-0.2, -0.15) is 0 Å². The van der Waals surface area contributed by atoms with Gasteiger partial charge in [0.2, 0.25) is 0 Å². The number of rotatable bonds is 2. The van der Waals surface area contributed by atoms with Crippen LogP contribution >= 0.6 is 0 Å². The monoisotopic (exact) mass is 1490 g/mol. The quantitative estimate of drug-likeness (QED) is 0.314. The minimum absolute atomic E-state index is 0. The molecule has 2 aliphatic carbocycles. The van der Waals surface area contributed by atoms with E-state index in [0.29, 0.717) is 25.7 Å². The Hall–Kier alpha value is 12.8. The Labute approximate surface area is 550 Å². The number of hydrogen-bond donors (Lipinski definition) is 0. The summed E-state index contributed by atoms with van der Waals surface area (Å²) in [6.45, 7) is 7.42. The number of carbonyl (C=O) groups is 3. The Balaban J connectivity index is -0.0000000578. The molecule has 1 aliphatic heterocycles. The van der Waals surface area contributed by atoms with E-state index in [0.717, 1.165) is 0 Å². The van der Waals surface area contributed by atoms with E-state index in [1.165, 1.54) is 0 Å². The molecule has 3 rings (SSSR count). The molecule has 7 atom stereocenters. The van der Waals surface area contributed by atoms with Crippen LogP contribution in [0.5, 0.6) is 0 Å². The number of Topliss-reactive ketones (excluding diaryl/α,β-unsaturated/α-hetero) is 2. The Bertz CT molecular complexity index is 645. The van der Waals surface area contributed by atoms with E-state index < -0.39 is 28.8 Å². The summed E-state index contributed by atoms with van der Waals surface area (Å²) in [5.41, 5.74) is -1.10. The third kappa shape index (κ3) is 19.6. The number of fused-ring (bicyclic) bond motifs is 3. The van der Waals surface area contributed by atoms with E-state index in [1.807, 2.05) is 20.8 Å². The number of ether oxygens (including phenoxy) is 1. The summed E-state index contributed by atoms with van der Waals surface area (Å²) in [4.78, 5) is 49.0. The van der Waals surface area contributed by atoms with Crippen molar-refractivity contribution < 1.29 is 449 Å². The largest absolute Gasteiger partial charge is 0.538 e. The molecule has 171 valence electrons. The van der Waals surface area contributed by atoms with Gasteiger partial charge in [-0.3, -0.25) is 14.4 Å². The maximum absolute atomic E-state index is 13.1. The van der Waals surface area contributed by atoms with Crippen molar-refractivity contribution in [1.82, 2.24) is 0 Å². The Morgan fingerprint density at radius 3 is 1.65 bits per heavy atom. The van der Waals surface area contributed by atoms with Crippen LogP contribution in [0.3, 0.4) is 0 Å². The van der Waals surface area contributed by atoms with Gasteiger partial charge in [-0.1, -0.05) is 20.8 Å². The number of carbonyl (C=O) groups excluding carboxylic acids is 4. The molecule has 37 heavy (non-hydrogen) atoms. The molecular formula is C19H25O5Y13-. The second-order valence-corrected chi connectivity index (χ2v) is 8.49. The summed E-state index contributed by atoms with van der Waals surface area (Å²) in [5, 5.41) is 0. The van der Waals surface area contributed by atoms with Gasteiger partial charge in [-0.25, -0.2) is 6.29 Å². The summed E-state index contributed by atoms with van der Waals surface area (Å²) in [5.74, 6) is -1.33. The van der Waals surface area contributed by atoms with Crippen molar-refractivity contribution in [3.63, 3.8) is 0 Å². The number of ketones is 2. The molecule has 0 unspecified atom stereocenters. The first-order valence-electron chi connectivity index (χ1n) is 8.77. The summed E-state index contributed by atoms with van der Waals surface area (Å²) >= 11 is 0. The van der Waals surface area contributed by atoms with Gasteiger partial charge in [-0.15, -0.1) is 0 Å². The van der Waals surface area contributed by atoms with Gasteiger partial charge >= 0.3 is 5.97 Å². The molecule has 0 aromatic carbocycles.